The zero-order chi connectivity index (χ0) is 15.9. The molecule has 1 heterocycles. The number of rotatable bonds is 3. The first kappa shape index (κ1) is 14.7. The summed E-state index contributed by atoms with van der Waals surface area (Å²) in [6.45, 7) is 3.97. The summed E-state index contributed by atoms with van der Waals surface area (Å²) in [4.78, 5) is 15.0. The lowest BCUT2D eigenvalue weighted by Crippen LogP contribution is -1.89. The first-order chi connectivity index (χ1) is 10.6. The minimum Gasteiger partial charge on any atom is -0.496 e. The highest BCUT2D eigenvalue weighted by Gasteiger charge is 2.17. The second kappa shape index (κ2) is 5.50. The summed E-state index contributed by atoms with van der Waals surface area (Å²) in [6.07, 6.45) is 0.860. The van der Waals surface area contributed by atoms with Crippen LogP contribution in [-0.4, -0.2) is 18.4 Å². The third kappa shape index (κ3) is 2.18. The molecular formula is C18H16ClNO2. The maximum atomic E-state index is 11.6. The predicted octanol–water partition coefficient (Wildman–Crippen LogP) is 4.93. The van der Waals surface area contributed by atoms with Crippen LogP contribution in [0.1, 0.15) is 21.5 Å². The number of aromatic amines is 1. The van der Waals surface area contributed by atoms with E-state index in [2.05, 4.69) is 4.98 Å². The van der Waals surface area contributed by atoms with Crippen molar-refractivity contribution in [3.05, 3.63) is 52.0 Å². The lowest BCUT2D eigenvalue weighted by Gasteiger charge is -2.07. The minimum atomic E-state index is 0.579. The van der Waals surface area contributed by atoms with Crippen LogP contribution in [0.4, 0.5) is 0 Å². The Hall–Kier alpha value is -2.26. The number of benzene rings is 2. The maximum absolute atomic E-state index is 11.6. The second-order valence-electron chi connectivity index (χ2n) is 5.33. The molecule has 2 aromatic carbocycles. The zero-order valence-corrected chi connectivity index (χ0v) is 13.4. The fourth-order valence-electron chi connectivity index (χ4n) is 2.80. The van der Waals surface area contributed by atoms with Gasteiger partial charge in [0, 0.05) is 10.9 Å². The van der Waals surface area contributed by atoms with Gasteiger partial charge in [0.05, 0.1) is 23.3 Å². The fourth-order valence-corrected chi connectivity index (χ4v) is 3.06. The number of nitrogens with one attached hydrogen (secondary N) is 1. The summed E-state index contributed by atoms with van der Waals surface area (Å²) in [5.41, 5.74) is 5.28. The van der Waals surface area contributed by atoms with Crippen LogP contribution in [0.25, 0.3) is 22.2 Å². The predicted molar refractivity (Wildman–Crippen MR) is 90.2 cm³/mol. The van der Waals surface area contributed by atoms with Crippen LogP contribution in [-0.2, 0) is 0 Å². The standard InChI is InChI=1S/C18H16ClNO2/c1-10-4-6-14(19)16-13(9-21)18(20-17(10)16)12-5-7-15(22-3)11(2)8-12/h4-9,20H,1-3H3. The van der Waals surface area contributed by atoms with Crippen molar-refractivity contribution < 1.29 is 9.53 Å². The van der Waals surface area contributed by atoms with E-state index in [4.69, 9.17) is 16.3 Å². The highest BCUT2D eigenvalue weighted by molar-refractivity contribution is 6.37. The monoisotopic (exact) mass is 313 g/mol. The van der Waals surface area contributed by atoms with Crippen LogP contribution in [0.2, 0.25) is 5.02 Å². The van der Waals surface area contributed by atoms with E-state index in [1.807, 2.05) is 44.2 Å². The summed E-state index contributed by atoms with van der Waals surface area (Å²) < 4.78 is 5.29. The Kier molecular flexibility index (Phi) is 3.67. The number of aldehydes is 1. The molecule has 0 aliphatic rings. The van der Waals surface area contributed by atoms with Gasteiger partial charge >= 0.3 is 0 Å². The molecular weight excluding hydrogens is 298 g/mol. The van der Waals surface area contributed by atoms with Gasteiger partial charge < -0.3 is 9.72 Å². The Bertz CT molecular complexity index is 880. The topological polar surface area (TPSA) is 42.1 Å². The Balaban J connectivity index is 2.31. The number of carbonyl (C=O) groups excluding carboxylic acids is 1. The van der Waals surface area contributed by atoms with Crippen molar-refractivity contribution >= 4 is 28.8 Å². The van der Waals surface area contributed by atoms with Gasteiger partial charge in [-0.05, 0) is 54.8 Å². The lowest BCUT2D eigenvalue weighted by molar-refractivity contribution is 0.112. The highest BCUT2D eigenvalue weighted by Crippen LogP contribution is 2.36. The number of aromatic nitrogens is 1. The summed E-state index contributed by atoms with van der Waals surface area (Å²) >= 11 is 6.29. The highest BCUT2D eigenvalue weighted by atomic mass is 35.5. The van der Waals surface area contributed by atoms with E-state index >= 15 is 0 Å². The van der Waals surface area contributed by atoms with Crippen LogP contribution in [0.15, 0.2) is 30.3 Å². The number of aryl methyl sites for hydroxylation is 2. The summed E-state index contributed by atoms with van der Waals surface area (Å²) in [5, 5.41) is 1.36. The molecule has 0 unspecified atom stereocenters. The molecule has 0 fully saturated rings. The number of hydrogen-bond acceptors (Lipinski definition) is 2. The Morgan fingerprint density at radius 1 is 1.14 bits per heavy atom. The lowest BCUT2D eigenvalue weighted by atomic mass is 10.0. The zero-order valence-electron chi connectivity index (χ0n) is 12.7. The van der Waals surface area contributed by atoms with E-state index in [0.717, 1.165) is 45.3 Å². The second-order valence-corrected chi connectivity index (χ2v) is 5.74. The Morgan fingerprint density at radius 2 is 1.91 bits per heavy atom. The molecule has 1 aromatic heterocycles. The molecule has 0 atom stereocenters. The average molecular weight is 314 g/mol. The number of methoxy groups -OCH3 is 1. The molecule has 0 saturated carbocycles. The van der Waals surface area contributed by atoms with Gasteiger partial charge in [-0.15, -0.1) is 0 Å². The van der Waals surface area contributed by atoms with Crippen LogP contribution < -0.4 is 4.74 Å². The third-order valence-corrected chi connectivity index (χ3v) is 4.27. The van der Waals surface area contributed by atoms with Crippen molar-refractivity contribution in [1.82, 2.24) is 4.98 Å². The molecule has 0 amide bonds. The van der Waals surface area contributed by atoms with Crippen molar-refractivity contribution in [2.45, 2.75) is 13.8 Å². The Morgan fingerprint density at radius 3 is 2.55 bits per heavy atom. The van der Waals surface area contributed by atoms with Gasteiger partial charge in [0.15, 0.2) is 6.29 Å². The first-order valence-corrected chi connectivity index (χ1v) is 7.35. The van der Waals surface area contributed by atoms with Crippen LogP contribution in [0.3, 0.4) is 0 Å². The smallest absolute Gasteiger partial charge is 0.152 e. The van der Waals surface area contributed by atoms with Gasteiger partial charge in [0.2, 0.25) is 0 Å². The largest absolute Gasteiger partial charge is 0.496 e. The van der Waals surface area contributed by atoms with E-state index in [1.54, 1.807) is 7.11 Å². The summed E-state index contributed by atoms with van der Waals surface area (Å²) in [6, 6.07) is 9.60. The number of hydrogen-bond donors (Lipinski definition) is 1. The van der Waals surface area contributed by atoms with E-state index in [1.165, 1.54) is 0 Å². The number of H-pyrrole nitrogens is 1. The number of fused-ring (bicyclic) bond motifs is 1. The molecule has 0 aliphatic heterocycles. The van der Waals surface area contributed by atoms with Crippen molar-refractivity contribution in [1.29, 1.82) is 0 Å². The van der Waals surface area contributed by atoms with Crippen molar-refractivity contribution in [3.8, 4) is 17.0 Å². The molecule has 3 aromatic rings. The van der Waals surface area contributed by atoms with Crippen LogP contribution in [0.5, 0.6) is 5.75 Å². The SMILES string of the molecule is COc1ccc(-c2[nH]c3c(C)ccc(Cl)c3c2C=O)cc1C. The summed E-state index contributed by atoms with van der Waals surface area (Å²) in [7, 11) is 1.64. The number of halogens is 1. The van der Waals surface area contributed by atoms with Crippen LogP contribution >= 0.6 is 11.6 Å². The average Bonchev–Trinajstić information content (AvgIpc) is 2.91. The fraction of sp³-hybridized carbons (Fsp3) is 0.167. The minimum absolute atomic E-state index is 0.579. The molecule has 4 heteroatoms. The van der Waals surface area contributed by atoms with E-state index in [-0.39, 0.29) is 0 Å². The summed E-state index contributed by atoms with van der Waals surface area (Å²) in [5.74, 6) is 0.821. The molecule has 22 heavy (non-hydrogen) atoms. The maximum Gasteiger partial charge on any atom is 0.152 e. The van der Waals surface area contributed by atoms with Crippen molar-refractivity contribution in [2.75, 3.05) is 7.11 Å². The third-order valence-electron chi connectivity index (χ3n) is 3.95. The first-order valence-electron chi connectivity index (χ1n) is 6.97. The molecule has 1 N–H and O–H groups in total. The molecule has 0 radical (unpaired) electrons. The normalized spacial score (nSPS) is 10.9. The molecule has 3 nitrogen and oxygen atoms in total. The number of carbonyl (C=O) groups is 1. The van der Waals surface area contributed by atoms with Gasteiger partial charge in [-0.2, -0.15) is 0 Å². The van der Waals surface area contributed by atoms with Gasteiger partial charge in [0.25, 0.3) is 0 Å². The quantitative estimate of drug-likeness (QED) is 0.697. The molecule has 0 spiro atoms. The van der Waals surface area contributed by atoms with E-state index in [0.29, 0.717) is 10.6 Å². The van der Waals surface area contributed by atoms with Crippen molar-refractivity contribution in [2.24, 2.45) is 0 Å². The number of ether oxygens (including phenoxy) is 1. The Labute approximate surface area is 133 Å². The van der Waals surface area contributed by atoms with Gasteiger partial charge in [0.1, 0.15) is 5.75 Å². The van der Waals surface area contributed by atoms with Crippen LogP contribution in [0, 0.1) is 13.8 Å². The molecule has 0 bridgehead atoms. The molecule has 112 valence electrons. The van der Waals surface area contributed by atoms with Gasteiger partial charge in [-0.3, -0.25) is 4.79 Å². The van der Waals surface area contributed by atoms with E-state index in [9.17, 15) is 4.79 Å². The van der Waals surface area contributed by atoms with Crippen molar-refractivity contribution in [3.63, 3.8) is 0 Å². The molecule has 3 rings (SSSR count). The molecule has 0 saturated heterocycles. The van der Waals surface area contributed by atoms with E-state index < -0.39 is 0 Å². The van der Waals surface area contributed by atoms with Gasteiger partial charge in [-0.25, -0.2) is 0 Å². The molecule has 0 aliphatic carbocycles. The van der Waals surface area contributed by atoms with Gasteiger partial charge in [-0.1, -0.05) is 17.7 Å².